The van der Waals surface area contributed by atoms with E-state index in [9.17, 15) is 4.79 Å². The molecule has 0 aliphatic rings. The van der Waals surface area contributed by atoms with Crippen molar-refractivity contribution in [1.29, 1.82) is 0 Å². The first kappa shape index (κ1) is 11.7. The minimum atomic E-state index is -0.964. The van der Waals surface area contributed by atoms with Crippen molar-refractivity contribution in [3.05, 3.63) is 52.8 Å². The Kier molecular flexibility index (Phi) is 3.44. The molecule has 17 heavy (non-hydrogen) atoms. The number of carboxylic acids is 1. The third-order valence-electron chi connectivity index (χ3n) is 2.44. The Morgan fingerprint density at radius 3 is 2.94 bits per heavy atom. The van der Waals surface area contributed by atoms with E-state index in [0.29, 0.717) is 18.0 Å². The number of hydrogen-bond donors (Lipinski definition) is 1. The number of aromatic carboxylic acids is 1. The minimum Gasteiger partial charge on any atom is -0.477 e. The average molecular weight is 251 g/mol. The fourth-order valence-corrected chi connectivity index (χ4v) is 1.83. The smallest absolute Gasteiger partial charge is 0.354 e. The molecule has 0 radical (unpaired) electrons. The lowest BCUT2D eigenvalue weighted by atomic mass is 10.1. The molecular weight excluding hydrogens is 240 g/mol. The third kappa shape index (κ3) is 2.85. The van der Waals surface area contributed by atoms with Crippen LogP contribution < -0.4 is 0 Å². The standard InChI is InChI=1S/C12H11ClN2O2/c13-10-3-1-2-9(8-10)5-7-15-11(12(16)17)4-6-14-15/h1-4,6,8H,5,7H2,(H,16,17). The predicted octanol–water partition coefficient (Wildman–Crippen LogP) is 2.48. The summed E-state index contributed by atoms with van der Waals surface area (Å²) in [5.41, 5.74) is 1.26. The molecule has 5 heteroatoms. The first-order valence-corrected chi connectivity index (χ1v) is 5.54. The lowest BCUT2D eigenvalue weighted by molar-refractivity contribution is 0.0683. The van der Waals surface area contributed by atoms with Crippen molar-refractivity contribution in [2.45, 2.75) is 13.0 Å². The van der Waals surface area contributed by atoms with E-state index in [2.05, 4.69) is 5.10 Å². The van der Waals surface area contributed by atoms with Crippen LogP contribution in [0.25, 0.3) is 0 Å². The van der Waals surface area contributed by atoms with E-state index >= 15 is 0 Å². The van der Waals surface area contributed by atoms with Crippen molar-refractivity contribution in [1.82, 2.24) is 9.78 Å². The molecule has 2 rings (SSSR count). The van der Waals surface area contributed by atoms with Crippen molar-refractivity contribution in [3.8, 4) is 0 Å². The van der Waals surface area contributed by atoms with Gasteiger partial charge in [-0.1, -0.05) is 23.7 Å². The van der Waals surface area contributed by atoms with Crippen molar-refractivity contribution < 1.29 is 9.90 Å². The van der Waals surface area contributed by atoms with Crippen LogP contribution in [0.15, 0.2) is 36.5 Å². The SMILES string of the molecule is O=C(O)c1ccnn1CCc1cccc(Cl)c1. The summed E-state index contributed by atoms with van der Waals surface area (Å²) in [6.07, 6.45) is 2.18. The first-order chi connectivity index (χ1) is 8.16. The molecule has 4 nitrogen and oxygen atoms in total. The van der Waals surface area contributed by atoms with Gasteiger partial charge >= 0.3 is 5.97 Å². The molecule has 2 aromatic rings. The number of carboxylic acid groups (broad SMARTS) is 1. The van der Waals surface area contributed by atoms with Crippen LogP contribution in [-0.4, -0.2) is 20.9 Å². The van der Waals surface area contributed by atoms with E-state index in [0.717, 1.165) is 5.56 Å². The lowest BCUT2D eigenvalue weighted by Crippen LogP contribution is -2.11. The number of nitrogens with zero attached hydrogens (tertiary/aromatic N) is 2. The van der Waals surface area contributed by atoms with Crippen LogP contribution in [0.4, 0.5) is 0 Å². The number of rotatable bonds is 4. The van der Waals surface area contributed by atoms with Gasteiger partial charge < -0.3 is 5.11 Å². The summed E-state index contributed by atoms with van der Waals surface area (Å²) < 4.78 is 1.48. The topological polar surface area (TPSA) is 55.1 Å². The average Bonchev–Trinajstić information content (AvgIpc) is 2.74. The number of aromatic nitrogens is 2. The molecule has 0 atom stereocenters. The second-order valence-electron chi connectivity index (χ2n) is 3.62. The first-order valence-electron chi connectivity index (χ1n) is 5.16. The monoisotopic (exact) mass is 250 g/mol. The fraction of sp³-hybridized carbons (Fsp3) is 0.167. The Hall–Kier alpha value is -1.81. The number of carbonyl (C=O) groups is 1. The Bertz CT molecular complexity index is 537. The molecular formula is C12H11ClN2O2. The highest BCUT2D eigenvalue weighted by atomic mass is 35.5. The maximum atomic E-state index is 10.9. The largest absolute Gasteiger partial charge is 0.477 e. The summed E-state index contributed by atoms with van der Waals surface area (Å²) in [4.78, 5) is 10.9. The highest BCUT2D eigenvalue weighted by Crippen LogP contribution is 2.12. The molecule has 0 fully saturated rings. The zero-order chi connectivity index (χ0) is 12.3. The molecule has 1 aromatic carbocycles. The van der Waals surface area contributed by atoms with Crippen LogP contribution in [0.2, 0.25) is 5.02 Å². The Morgan fingerprint density at radius 1 is 1.41 bits per heavy atom. The normalized spacial score (nSPS) is 10.4. The van der Waals surface area contributed by atoms with E-state index in [1.54, 1.807) is 0 Å². The summed E-state index contributed by atoms with van der Waals surface area (Å²) >= 11 is 5.87. The molecule has 1 heterocycles. The molecule has 88 valence electrons. The summed E-state index contributed by atoms with van der Waals surface area (Å²) in [6, 6.07) is 8.99. The second kappa shape index (κ2) is 5.01. The minimum absolute atomic E-state index is 0.201. The number of benzene rings is 1. The van der Waals surface area contributed by atoms with Crippen LogP contribution in [0.5, 0.6) is 0 Å². The van der Waals surface area contributed by atoms with E-state index < -0.39 is 5.97 Å². The van der Waals surface area contributed by atoms with Crippen molar-refractivity contribution >= 4 is 17.6 Å². The highest BCUT2D eigenvalue weighted by Gasteiger charge is 2.09. The van der Waals surface area contributed by atoms with Crippen molar-refractivity contribution in [2.75, 3.05) is 0 Å². The molecule has 0 spiro atoms. The third-order valence-corrected chi connectivity index (χ3v) is 2.67. The number of aryl methyl sites for hydroxylation is 2. The van der Waals surface area contributed by atoms with Gasteiger partial charge in [-0.15, -0.1) is 0 Å². The van der Waals surface area contributed by atoms with Gasteiger partial charge in [-0.25, -0.2) is 4.79 Å². The van der Waals surface area contributed by atoms with E-state index in [1.165, 1.54) is 16.9 Å². The molecule has 0 amide bonds. The van der Waals surface area contributed by atoms with Gasteiger partial charge in [0.15, 0.2) is 0 Å². The summed E-state index contributed by atoms with van der Waals surface area (Å²) in [7, 11) is 0. The van der Waals surface area contributed by atoms with E-state index in [1.807, 2.05) is 24.3 Å². The van der Waals surface area contributed by atoms with E-state index in [-0.39, 0.29) is 5.69 Å². The van der Waals surface area contributed by atoms with E-state index in [4.69, 9.17) is 16.7 Å². The van der Waals surface area contributed by atoms with Gasteiger partial charge in [0, 0.05) is 17.8 Å². The van der Waals surface area contributed by atoms with Gasteiger partial charge in [-0.2, -0.15) is 5.10 Å². The summed E-state index contributed by atoms with van der Waals surface area (Å²) in [5, 5.41) is 13.6. The van der Waals surface area contributed by atoms with Gasteiger partial charge in [0.1, 0.15) is 5.69 Å². The van der Waals surface area contributed by atoms with Gasteiger partial charge in [0.25, 0.3) is 0 Å². The zero-order valence-electron chi connectivity index (χ0n) is 9.01. The van der Waals surface area contributed by atoms with Crippen LogP contribution in [-0.2, 0) is 13.0 Å². The molecule has 0 aliphatic carbocycles. The Balaban J connectivity index is 2.07. The molecule has 0 saturated carbocycles. The van der Waals surface area contributed by atoms with Gasteiger partial charge in [-0.3, -0.25) is 4.68 Å². The maximum absolute atomic E-state index is 10.9. The predicted molar refractivity (Wildman–Crippen MR) is 64.3 cm³/mol. The molecule has 1 N–H and O–H groups in total. The zero-order valence-corrected chi connectivity index (χ0v) is 9.76. The molecule has 0 saturated heterocycles. The highest BCUT2D eigenvalue weighted by molar-refractivity contribution is 6.30. The Labute approximate surface area is 103 Å². The quantitative estimate of drug-likeness (QED) is 0.907. The van der Waals surface area contributed by atoms with Crippen molar-refractivity contribution in [3.63, 3.8) is 0 Å². The second-order valence-corrected chi connectivity index (χ2v) is 4.06. The van der Waals surface area contributed by atoms with Gasteiger partial charge in [-0.05, 0) is 30.2 Å². The Morgan fingerprint density at radius 2 is 2.24 bits per heavy atom. The lowest BCUT2D eigenvalue weighted by Gasteiger charge is -2.05. The van der Waals surface area contributed by atoms with Crippen LogP contribution in [0, 0.1) is 0 Å². The number of halogens is 1. The molecule has 0 unspecified atom stereocenters. The summed E-state index contributed by atoms with van der Waals surface area (Å²) in [5.74, 6) is -0.964. The van der Waals surface area contributed by atoms with Crippen LogP contribution >= 0.6 is 11.6 Å². The molecule has 0 bridgehead atoms. The summed E-state index contributed by atoms with van der Waals surface area (Å²) in [6.45, 7) is 0.523. The number of hydrogen-bond acceptors (Lipinski definition) is 2. The fourth-order valence-electron chi connectivity index (χ4n) is 1.62. The van der Waals surface area contributed by atoms with Gasteiger partial charge in [0.05, 0.1) is 0 Å². The molecule has 0 aliphatic heterocycles. The van der Waals surface area contributed by atoms with Gasteiger partial charge in [0.2, 0.25) is 0 Å². The maximum Gasteiger partial charge on any atom is 0.354 e. The van der Waals surface area contributed by atoms with Crippen molar-refractivity contribution in [2.24, 2.45) is 0 Å². The van der Waals surface area contributed by atoms with Crippen LogP contribution in [0.3, 0.4) is 0 Å². The molecule has 1 aromatic heterocycles. The van der Waals surface area contributed by atoms with Crippen LogP contribution in [0.1, 0.15) is 16.1 Å².